The minimum atomic E-state index is -0.124. The fourth-order valence-corrected chi connectivity index (χ4v) is 11.5. The van der Waals surface area contributed by atoms with Crippen LogP contribution in [0.1, 0.15) is 49.9 Å². The smallest absolute Gasteiger partial charge is 0.143 e. The molecule has 13 rings (SSSR count). The Labute approximate surface area is 373 Å². The maximum Gasteiger partial charge on any atom is 0.143 e. The van der Waals surface area contributed by atoms with Gasteiger partial charge in [0, 0.05) is 49.6 Å². The number of benzene rings is 10. The van der Waals surface area contributed by atoms with E-state index in [-0.39, 0.29) is 10.8 Å². The lowest BCUT2D eigenvalue weighted by Crippen LogP contribution is -2.18. The Hall–Kier alpha value is -7.68. The highest BCUT2D eigenvalue weighted by Gasteiger charge is 2.38. The molecule has 0 bridgehead atoms. The number of hydrogen-bond acceptors (Lipinski definition) is 2. The van der Waals surface area contributed by atoms with Crippen LogP contribution in [0, 0.1) is 0 Å². The molecule has 64 heavy (non-hydrogen) atoms. The van der Waals surface area contributed by atoms with E-state index in [1.54, 1.807) is 0 Å². The van der Waals surface area contributed by atoms with E-state index in [1.165, 1.54) is 66.1 Å². The van der Waals surface area contributed by atoms with Gasteiger partial charge in [-0.05, 0) is 120 Å². The van der Waals surface area contributed by atoms with E-state index < -0.39 is 0 Å². The fourth-order valence-electron chi connectivity index (χ4n) is 11.5. The van der Waals surface area contributed by atoms with Crippen LogP contribution in [0.25, 0.3) is 88.0 Å². The molecule has 0 fully saturated rings. The third-order valence-corrected chi connectivity index (χ3v) is 14.7. The first-order valence-corrected chi connectivity index (χ1v) is 22.5. The summed E-state index contributed by atoms with van der Waals surface area (Å²) < 4.78 is 7.14. The molecule has 2 aliphatic carbocycles. The molecule has 0 saturated heterocycles. The summed E-state index contributed by atoms with van der Waals surface area (Å²) in [6.45, 7) is 9.46. The highest BCUT2D eigenvalue weighted by atomic mass is 16.3. The first kappa shape index (κ1) is 36.9. The van der Waals surface area contributed by atoms with E-state index in [4.69, 9.17) is 4.42 Å². The lowest BCUT2D eigenvalue weighted by Gasteiger charge is -2.30. The minimum absolute atomic E-state index is 0.124. The number of nitrogens with zero attached hydrogens (tertiary/aromatic N) is 1. The van der Waals surface area contributed by atoms with Crippen molar-refractivity contribution >= 4 is 60.5 Å². The van der Waals surface area contributed by atoms with Gasteiger partial charge in [-0.15, -0.1) is 0 Å². The maximum atomic E-state index is 7.14. The molecule has 2 aliphatic rings. The van der Waals surface area contributed by atoms with Gasteiger partial charge in [0.15, 0.2) is 0 Å². The van der Waals surface area contributed by atoms with Crippen LogP contribution in [0.5, 0.6) is 0 Å². The molecule has 0 radical (unpaired) electrons. The second kappa shape index (κ2) is 13.4. The van der Waals surface area contributed by atoms with Gasteiger partial charge in [-0.2, -0.15) is 0 Å². The summed E-state index contributed by atoms with van der Waals surface area (Å²) in [5.74, 6) is 0. The van der Waals surface area contributed by atoms with Gasteiger partial charge >= 0.3 is 0 Å². The monoisotopic (exact) mass is 819 g/mol. The van der Waals surface area contributed by atoms with Crippen LogP contribution in [0.4, 0.5) is 17.1 Å². The summed E-state index contributed by atoms with van der Waals surface area (Å²) >= 11 is 0. The van der Waals surface area contributed by atoms with Crippen LogP contribution in [-0.4, -0.2) is 0 Å². The Morgan fingerprint density at radius 2 is 0.797 bits per heavy atom. The van der Waals surface area contributed by atoms with Crippen molar-refractivity contribution in [2.24, 2.45) is 0 Å². The van der Waals surface area contributed by atoms with Crippen LogP contribution >= 0.6 is 0 Å². The van der Waals surface area contributed by atoms with Gasteiger partial charge in [0.2, 0.25) is 0 Å². The lowest BCUT2D eigenvalue weighted by atomic mass is 9.82. The average Bonchev–Trinajstić information content (AvgIpc) is 3.92. The van der Waals surface area contributed by atoms with E-state index in [0.717, 1.165) is 61.3 Å². The molecule has 304 valence electrons. The molecule has 0 amide bonds. The molecule has 2 nitrogen and oxygen atoms in total. The number of anilines is 3. The van der Waals surface area contributed by atoms with Gasteiger partial charge in [-0.25, -0.2) is 0 Å². The zero-order valence-corrected chi connectivity index (χ0v) is 36.4. The number of rotatable bonds is 5. The standard InChI is InChI=1S/C62H45NO/c1-61(2)53-24-14-12-20-46(53)48-32-30-41(36-55(48)61)63(42-31-33-49-47-21-13-15-25-54(47)62(3,4)56(49)37-42)40-28-26-38(27-29-40)43-34-35-52-58-50-22-10-8-18-44(50)45-19-9-11-23-51(45)59(58)64-60(52)57(43)39-16-6-5-7-17-39/h5-37H,1-4H3. The molecule has 0 spiro atoms. The predicted molar refractivity (Wildman–Crippen MR) is 269 cm³/mol. The largest absolute Gasteiger partial charge is 0.455 e. The Bertz CT molecular complexity index is 3610. The quantitative estimate of drug-likeness (QED) is 0.161. The highest BCUT2D eigenvalue weighted by molar-refractivity contribution is 6.31. The van der Waals surface area contributed by atoms with E-state index in [1.807, 2.05) is 0 Å². The zero-order chi connectivity index (χ0) is 42.9. The van der Waals surface area contributed by atoms with Gasteiger partial charge in [-0.3, -0.25) is 0 Å². The third kappa shape index (κ3) is 5.14. The fraction of sp³-hybridized carbons (Fsp3) is 0.0968. The van der Waals surface area contributed by atoms with E-state index in [0.29, 0.717) is 0 Å². The second-order valence-electron chi connectivity index (χ2n) is 18.8. The van der Waals surface area contributed by atoms with Crippen molar-refractivity contribution in [2.75, 3.05) is 4.90 Å². The van der Waals surface area contributed by atoms with Crippen molar-refractivity contribution in [3.63, 3.8) is 0 Å². The van der Waals surface area contributed by atoms with Gasteiger partial charge in [0.05, 0.1) is 0 Å². The van der Waals surface area contributed by atoms with Crippen LogP contribution in [0.3, 0.4) is 0 Å². The molecule has 2 heteroatoms. The Kier molecular flexibility index (Phi) is 7.74. The Morgan fingerprint density at radius 3 is 1.41 bits per heavy atom. The normalized spacial score (nSPS) is 14.2. The van der Waals surface area contributed by atoms with Gasteiger partial charge < -0.3 is 9.32 Å². The maximum absolute atomic E-state index is 7.14. The van der Waals surface area contributed by atoms with Gasteiger partial charge in [0.1, 0.15) is 11.2 Å². The number of fused-ring (bicyclic) bond motifs is 14. The molecule has 1 aromatic heterocycles. The van der Waals surface area contributed by atoms with Crippen LogP contribution in [0.15, 0.2) is 205 Å². The van der Waals surface area contributed by atoms with Crippen molar-refractivity contribution in [1.82, 2.24) is 0 Å². The summed E-state index contributed by atoms with van der Waals surface area (Å²) in [5, 5.41) is 7.09. The second-order valence-corrected chi connectivity index (χ2v) is 18.8. The Balaban J connectivity index is 0.999. The molecule has 10 aromatic carbocycles. The first-order chi connectivity index (χ1) is 31.3. The topological polar surface area (TPSA) is 16.4 Å². The molecule has 0 unspecified atom stereocenters. The van der Waals surface area contributed by atoms with Crippen molar-refractivity contribution in [1.29, 1.82) is 0 Å². The van der Waals surface area contributed by atoms with Gasteiger partial charge in [-0.1, -0.05) is 185 Å². The molecule has 11 aromatic rings. The van der Waals surface area contributed by atoms with Gasteiger partial charge in [0.25, 0.3) is 0 Å². The first-order valence-electron chi connectivity index (χ1n) is 22.5. The molecular formula is C62H45NO. The van der Waals surface area contributed by atoms with Crippen LogP contribution in [0.2, 0.25) is 0 Å². The number of furan rings is 1. The predicted octanol–water partition coefficient (Wildman–Crippen LogP) is 17.3. The molecule has 0 saturated carbocycles. The van der Waals surface area contributed by atoms with Crippen molar-refractivity contribution in [3.05, 3.63) is 222 Å². The molecule has 1 heterocycles. The van der Waals surface area contributed by atoms with Crippen molar-refractivity contribution in [3.8, 4) is 44.5 Å². The van der Waals surface area contributed by atoms with E-state index >= 15 is 0 Å². The summed E-state index contributed by atoms with van der Waals surface area (Å²) in [4.78, 5) is 2.46. The minimum Gasteiger partial charge on any atom is -0.455 e. The summed E-state index contributed by atoms with van der Waals surface area (Å²) in [6.07, 6.45) is 0. The van der Waals surface area contributed by atoms with Crippen molar-refractivity contribution < 1.29 is 4.42 Å². The number of hydrogen-bond donors (Lipinski definition) is 0. The molecule has 0 aliphatic heterocycles. The highest BCUT2D eigenvalue weighted by Crippen LogP contribution is 2.54. The van der Waals surface area contributed by atoms with E-state index in [9.17, 15) is 0 Å². The third-order valence-electron chi connectivity index (χ3n) is 14.7. The van der Waals surface area contributed by atoms with Crippen LogP contribution in [-0.2, 0) is 10.8 Å². The van der Waals surface area contributed by atoms with E-state index in [2.05, 4.69) is 233 Å². The average molecular weight is 820 g/mol. The summed E-state index contributed by atoms with van der Waals surface area (Å²) in [5.41, 5.74) is 20.3. The zero-order valence-electron chi connectivity index (χ0n) is 36.4. The summed E-state index contributed by atoms with van der Waals surface area (Å²) in [6, 6.07) is 73.9. The summed E-state index contributed by atoms with van der Waals surface area (Å²) in [7, 11) is 0. The van der Waals surface area contributed by atoms with Crippen LogP contribution < -0.4 is 4.90 Å². The Morgan fingerprint density at radius 1 is 0.328 bits per heavy atom. The molecular weight excluding hydrogens is 775 g/mol. The lowest BCUT2D eigenvalue weighted by molar-refractivity contribution is 0.660. The van der Waals surface area contributed by atoms with Crippen molar-refractivity contribution in [2.45, 2.75) is 38.5 Å². The molecule has 0 atom stereocenters. The SMILES string of the molecule is CC1(C)c2ccccc2-c2ccc(N(c3ccc(-c4ccc5c(oc6c7ccccc7c7ccccc7c56)c4-c4ccccc4)cc3)c3ccc4c(c3)C(C)(C)c3ccccc3-4)cc21. The molecule has 0 N–H and O–H groups in total.